The number of hydrogen-bond acceptors (Lipinski definition) is 3. The predicted octanol–water partition coefficient (Wildman–Crippen LogP) is 3.76. The number of benzene rings is 1. The molecule has 2 amide bonds. The van der Waals surface area contributed by atoms with E-state index in [1.165, 1.54) is 0 Å². The van der Waals surface area contributed by atoms with Crippen LogP contribution in [0.5, 0.6) is 0 Å². The molecule has 148 valence electrons. The number of aryl methyl sites for hydroxylation is 1. The number of rotatable bonds is 6. The van der Waals surface area contributed by atoms with E-state index in [1.807, 2.05) is 45.0 Å². The molecular formula is C22H27N3O3. The highest BCUT2D eigenvalue weighted by Gasteiger charge is 2.26. The molecule has 0 bridgehead atoms. The molecule has 0 radical (unpaired) electrons. The zero-order valence-corrected chi connectivity index (χ0v) is 16.6. The largest absolute Gasteiger partial charge is 0.354 e. The van der Waals surface area contributed by atoms with Gasteiger partial charge >= 0.3 is 0 Å². The van der Waals surface area contributed by atoms with E-state index in [2.05, 4.69) is 15.6 Å². The predicted molar refractivity (Wildman–Crippen MR) is 108 cm³/mol. The number of amides is 2. The first-order valence-electron chi connectivity index (χ1n) is 9.83. The maximum atomic E-state index is 12.6. The average Bonchev–Trinajstić information content (AvgIpc) is 3.03. The first-order valence-corrected chi connectivity index (χ1v) is 9.83. The summed E-state index contributed by atoms with van der Waals surface area (Å²) in [6.45, 7) is 6.02. The molecule has 1 aliphatic rings. The van der Waals surface area contributed by atoms with Gasteiger partial charge in [-0.15, -0.1) is 0 Å². The zero-order valence-electron chi connectivity index (χ0n) is 16.6. The number of aromatic nitrogens is 1. The number of aromatic amines is 1. The normalized spacial score (nSPS) is 14.3. The fourth-order valence-electron chi connectivity index (χ4n) is 3.48. The molecule has 0 spiro atoms. The average molecular weight is 381 g/mol. The number of ketones is 1. The highest BCUT2D eigenvalue weighted by molar-refractivity contribution is 6.04. The van der Waals surface area contributed by atoms with Gasteiger partial charge in [-0.3, -0.25) is 14.4 Å². The third kappa shape index (κ3) is 4.16. The molecule has 1 unspecified atom stereocenters. The van der Waals surface area contributed by atoms with Crippen molar-refractivity contribution in [1.29, 1.82) is 0 Å². The molecule has 6 nitrogen and oxygen atoms in total. The number of Topliss-reactive ketones (excluding diaryl/α,β-unsaturated/α-hetero) is 1. The molecule has 1 aromatic heterocycles. The summed E-state index contributed by atoms with van der Waals surface area (Å²) in [6, 6.07) is 7.44. The lowest BCUT2D eigenvalue weighted by atomic mass is 9.94. The van der Waals surface area contributed by atoms with Crippen molar-refractivity contribution in [2.75, 3.05) is 5.32 Å². The molecule has 0 saturated carbocycles. The Bertz CT molecular complexity index is 914. The van der Waals surface area contributed by atoms with Crippen molar-refractivity contribution in [3.63, 3.8) is 0 Å². The maximum absolute atomic E-state index is 12.6. The number of hydrogen-bond donors (Lipinski definition) is 3. The van der Waals surface area contributed by atoms with Gasteiger partial charge in [0.2, 0.25) is 5.91 Å². The van der Waals surface area contributed by atoms with Gasteiger partial charge in [-0.1, -0.05) is 26.0 Å². The van der Waals surface area contributed by atoms with Crippen LogP contribution in [0.1, 0.15) is 70.8 Å². The fourth-order valence-corrected chi connectivity index (χ4v) is 3.48. The van der Waals surface area contributed by atoms with Gasteiger partial charge in [-0.25, -0.2) is 0 Å². The second-order valence-electron chi connectivity index (χ2n) is 7.44. The summed E-state index contributed by atoms with van der Waals surface area (Å²) in [4.78, 5) is 39.9. The minimum absolute atomic E-state index is 0.0130. The number of carbonyl (C=O) groups excluding carboxylic acids is 3. The van der Waals surface area contributed by atoms with E-state index in [-0.39, 0.29) is 23.5 Å². The molecule has 0 aliphatic heterocycles. The Kier molecular flexibility index (Phi) is 5.97. The Morgan fingerprint density at radius 1 is 1.25 bits per heavy atom. The van der Waals surface area contributed by atoms with Crippen molar-refractivity contribution in [3.8, 4) is 0 Å². The van der Waals surface area contributed by atoms with Crippen LogP contribution in [-0.2, 0) is 17.8 Å². The summed E-state index contributed by atoms with van der Waals surface area (Å²) in [6.07, 6.45) is 2.95. The smallest absolute Gasteiger partial charge is 0.268 e. The van der Waals surface area contributed by atoms with Crippen LogP contribution in [0.4, 0.5) is 5.69 Å². The maximum Gasteiger partial charge on any atom is 0.268 e. The van der Waals surface area contributed by atoms with Crippen LogP contribution in [0.15, 0.2) is 24.3 Å². The monoisotopic (exact) mass is 381 g/mol. The lowest BCUT2D eigenvalue weighted by molar-refractivity contribution is -0.119. The van der Waals surface area contributed by atoms with Crippen molar-refractivity contribution >= 4 is 23.3 Å². The summed E-state index contributed by atoms with van der Waals surface area (Å²) >= 11 is 0. The van der Waals surface area contributed by atoms with Crippen molar-refractivity contribution in [1.82, 2.24) is 10.3 Å². The molecular weight excluding hydrogens is 354 g/mol. The Labute approximate surface area is 165 Å². The van der Waals surface area contributed by atoms with Crippen LogP contribution in [0, 0.1) is 12.8 Å². The minimum atomic E-state index is -0.228. The summed E-state index contributed by atoms with van der Waals surface area (Å²) in [5.41, 5.74) is 4.35. The second-order valence-corrected chi connectivity index (χ2v) is 7.44. The van der Waals surface area contributed by atoms with E-state index in [0.717, 1.165) is 36.1 Å². The number of fused-ring (bicyclic) bond motifs is 1. The lowest BCUT2D eigenvalue weighted by Gasteiger charge is -2.11. The molecule has 0 fully saturated rings. The van der Waals surface area contributed by atoms with E-state index in [9.17, 15) is 14.4 Å². The highest BCUT2D eigenvalue weighted by atomic mass is 16.2. The third-order valence-corrected chi connectivity index (χ3v) is 5.37. The minimum Gasteiger partial charge on any atom is -0.354 e. The fraction of sp³-hybridized carbons (Fsp3) is 0.409. The summed E-state index contributed by atoms with van der Waals surface area (Å²) in [5, 5.41) is 5.80. The van der Waals surface area contributed by atoms with E-state index >= 15 is 0 Å². The zero-order chi connectivity index (χ0) is 20.3. The standard InChI is InChI=1S/C22H27N3O3/c1-4-13(2)21(27)24-16-8-5-7-15(11-16)12-23-22(28)20-14(3)19-17(25-20)9-6-10-18(19)26/h5,7-8,11,13,25H,4,6,9-10,12H2,1-3H3,(H,23,28)(H,24,27). The van der Waals surface area contributed by atoms with E-state index < -0.39 is 0 Å². The van der Waals surface area contributed by atoms with Crippen LogP contribution in [0.25, 0.3) is 0 Å². The van der Waals surface area contributed by atoms with Gasteiger partial charge in [-0.2, -0.15) is 0 Å². The highest BCUT2D eigenvalue weighted by Crippen LogP contribution is 2.26. The van der Waals surface area contributed by atoms with E-state index in [0.29, 0.717) is 29.9 Å². The van der Waals surface area contributed by atoms with E-state index in [1.54, 1.807) is 0 Å². The van der Waals surface area contributed by atoms with Crippen LogP contribution < -0.4 is 10.6 Å². The molecule has 2 aromatic rings. The van der Waals surface area contributed by atoms with Crippen LogP contribution in [0.2, 0.25) is 0 Å². The Balaban J connectivity index is 1.66. The molecule has 28 heavy (non-hydrogen) atoms. The molecule has 1 atom stereocenters. The van der Waals surface area contributed by atoms with Crippen molar-refractivity contribution in [2.24, 2.45) is 5.92 Å². The molecule has 0 saturated heterocycles. The second kappa shape index (κ2) is 8.42. The molecule has 1 heterocycles. The van der Waals surface area contributed by atoms with Crippen LogP contribution in [-0.4, -0.2) is 22.6 Å². The summed E-state index contributed by atoms with van der Waals surface area (Å²) in [5.74, 6) is -0.179. The number of H-pyrrole nitrogens is 1. The topological polar surface area (TPSA) is 91.1 Å². The lowest BCUT2D eigenvalue weighted by Crippen LogP contribution is -2.24. The SMILES string of the molecule is CCC(C)C(=O)Nc1cccc(CNC(=O)c2[nH]c3c(c2C)C(=O)CCC3)c1. The van der Waals surface area contributed by atoms with Crippen LogP contribution >= 0.6 is 0 Å². The summed E-state index contributed by atoms with van der Waals surface area (Å²) < 4.78 is 0. The van der Waals surface area contributed by atoms with Gasteiger partial charge in [0.25, 0.3) is 5.91 Å². The van der Waals surface area contributed by atoms with Gasteiger partial charge in [0.15, 0.2) is 5.78 Å². The van der Waals surface area contributed by atoms with Gasteiger partial charge in [0.1, 0.15) is 5.69 Å². The molecule has 3 rings (SSSR count). The van der Waals surface area contributed by atoms with Crippen LogP contribution in [0.3, 0.4) is 0 Å². The Morgan fingerprint density at radius 2 is 2.04 bits per heavy atom. The van der Waals surface area contributed by atoms with Crippen molar-refractivity contribution in [2.45, 2.75) is 53.0 Å². The Morgan fingerprint density at radius 3 is 2.75 bits per heavy atom. The molecule has 6 heteroatoms. The third-order valence-electron chi connectivity index (χ3n) is 5.37. The molecule has 3 N–H and O–H groups in total. The van der Waals surface area contributed by atoms with Gasteiger partial charge in [-0.05, 0) is 49.4 Å². The van der Waals surface area contributed by atoms with Gasteiger partial charge in [0, 0.05) is 35.8 Å². The number of carbonyl (C=O) groups is 3. The van der Waals surface area contributed by atoms with Gasteiger partial charge < -0.3 is 15.6 Å². The first kappa shape index (κ1) is 19.9. The van der Waals surface area contributed by atoms with E-state index in [4.69, 9.17) is 0 Å². The molecule has 1 aromatic carbocycles. The summed E-state index contributed by atoms with van der Waals surface area (Å²) in [7, 11) is 0. The molecule has 1 aliphatic carbocycles. The first-order chi connectivity index (χ1) is 13.4. The van der Waals surface area contributed by atoms with Gasteiger partial charge in [0.05, 0.1) is 0 Å². The Hall–Kier alpha value is -2.89. The number of nitrogens with one attached hydrogen (secondary N) is 3. The number of anilines is 1. The quantitative estimate of drug-likeness (QED) is 0.711. The van der Waals surface area contributed by atoms with Crippen molar-refractivity contribution < 1.29 is 14.4 Å². The van der Waals surface area contributed by atoms with Crippen molar-refractivity contribution in [3.05, 3.63) is 52.3 Å².